The Bertz CT molecular complexity index is 1170. The van der Waals surface area contributed by atoms with Crippen molar-refractivity contribution >= 4 is 29.0 Å². The van der Waals surface area contributed by atoms with Gasteiger partial charge in [-0.25, -0.2) is 4.39 Å². The number of benzene rings is 2. The van der Waals surface area contributed by atoms with E-state index in [9.17, 15) is 14.0 Å². The van der Waals surface area contributed by atoms with Crippen molar-refractivity contribution in [3.63, 3.8) is 0 Å². The van der Waals surface area contributed by atoms with Crippen LogP contribution in [0.5, 0.6) is 5.75 Å². The average molecular weight is 464 g/mol. The van der Waals surface area contributed by atoms with Gasteiger partial charge in [0.1, 0.15) is 11.6 Å². The predicted molar refractivity (Wildman–Crippen MR) is 128 cm³/mol. The minimum atomic E-state index is -0.301. The fourth-order valence-electron chi connectivity index (χ4n) is 3.99. The quantitative estimate of drug-likeness (QED) is 0.571. The molecule has 1 unspecified atom stereocenters. The molecule has 176 valence electrons. The number of anilines is 3. The van der Waals surface area contributed by atoms with Gasteiger partial charge in [-0.3, -0.25) is 9.59 Å². The van der Waals surface area contributed by atoms with Crippen LogP contribution in [0.15, 0.2) is 54.6 Å². The Morgan fingerprint density at radius 2 is 1.85 bits per heavy atom. The molecule has 2 heterocycles. The minimum Gasteiger partial charge on any atom is -0.495 e. The molecule has 34 heavy (non-hydrogen) atoms. The lowest BCUT2D eigenvalue weighted by atomic mass is 9.97. The van der Waals surface area contributed by atoms with Gasteiger partial charge in [0.15, 0.2) is 5.82 Å². The van der Waals surface area contributed by atoms with Gasteiger partial charge in [0, 0.05) is 31.3 Å². The standard InChI is InChI=1S/C25H26FN5O3/c1-16(32)27-20-9-11-23(34-2)22(14-20)28-25(33)18-4-3-13-31(15-18)24-12-10-21(29-30-24)17-5-7-19(26)8-6-17/h5-12,14,18H,3-4,13,15H2,1-2H3,(H,27,32)(H,28,33). The maximum Gasteiger partial charge on any atom is 0.229 e. The molecule has 2 amide bonds. The number of halogens is 1. The van der Waals surface area contributed by atoms with E-state index in [1.54, 1.807) is 30.3 Å². The van der Waals surface area contributed by atoms with Crippen LogP contribution in [0.1, 0.15) is 19.8 Å². The minimum absolute atomic E-state index is 0.126. The lowest BCUT2D eigenvalue weighted by molar-refractivity contribution is -0.120. The first kappa shape index (κ1) is 23.2. The molecule has 1 aliphatic heterocycles. The zero-order chi connectivity index (χ0) is 24.1. The van der Waals surface area contributed by atoms with Crippen molar-refractivity contribution in [2.24, 2.45) is 5.92 Å². The summed E-state index contributed by atoms with van der Waals surface area (Å²) in [5.74, 6) is 0.327. The van der Waals surface area contributed by atoms with E-state index in [2.05, 4.69) is 20.8 Å². The lowest BCUT2D eigenvalue weighted by Gasteiger charge is -2.32. The number of piperidine rings is 1. The van der Waals surface area contributed by atoms with Crippen molar-refractivity contribution in [2.75, 3.05) is 35.7 Å². The molecule has 0 bridgehead atoms. The molecule has 0 spiro atoms. The van der Waals surface area contributed by atoms with Crippen LogP contribution in [-0.4, -0.2) is 42.2 Å². The first-order valence-electron chi connectivity index (χ1n) is 11.0. The van der Waals surface area contributed by atoms with Gasteiger partial charge in [0.25, 0.3) is 0 Å². The highest BCUT2D eigenvalue weighted by molar-refractivity contribution is 5.96. The highest BCUT2D eigenvalue weighted by Crippen LogP contribution is 2.30. The molecule has 0 saturated carbocycles. The van der Waals surface area contributed by atoms with Gasteiger partial charge < -0.3 is 20.3 Å². The molecular weight excluding hydrogens is 437 g/mol. The summed E-state index contributed by atoms with van der Waals surface area (Å²) in [6, 6.07) is 14.9. The van der Waals surface area contributed by atoms with Gasteiger partial charge in [0.2, 0.25) is 11.8 Å². The largest absolute Gasteiger partial charge is 0.495 e. The van der Waals surface area contributed by atoms with E-state index in [0.717, 1.165) is 24.9 Å². The number of carbonyl (C=O) groups excluding carboxylic acids is 2. The third-order valence-corrected chi connectivity index (χ3v) is 5.68. The van der Waals surface area contributed by atoms with Crippen LogP contribution in [0.2, 0.25) is 0 Å². The molecule has 0 radical (unpaired) electrons. The van der Waals surface area contributed by atoms with Gasteiger partial charge in [-0.1, -0.05) is 0 Å². The Hall–Kier alpha value is -4.01. The monoisotopic (exact) mass is 463 g/mol. The smallest absolute Gasteiger partial charge is 0.229 e. The van der Waals surface area contributed by atoms with Crippen molar-refractivity contribution in [1.29, 1.82) is 0 Å². The molecule has 1 aliphatic rings. The van der Waals surface area contributed by atoms with E-state index in [1.165, 1.54) is 26.2 Å². The average Bonchev–Trinajstić information content (AvgIpc) is 2.84. The summed E-state index contributed by atoms with van der Waals surface area (Å²) in [5.41, 5.74) is 2.51. The SMILES string of the molecule is COc1ccc(NC(C)=O)cc1NC(=O)C1CCCN(c2ccc(-c3ccc(F)cc3)nn2)C1. The summed E-state index contributed by atoms with van der Waals surface area (Å²) in [5, 5.41) is 14.3. The number of nitrogens with one attached hydrogen (secondary N) is 2. The molecule has 8 nitrogen and oxygen atoms in total. The Labute approximate surface area is 197 Å². The van der Waals surface area contributed by atoms with Gasteiger partial charge in [-0.05, 0) is 67.4 Å². The van der Waals surface area contributed by atoms with Gasteiger partial charge in [-0.15, -0.1) is 10.2 Å². The number of rotatable bonds is 6. The first-order valence-corrected chi connectivity index (χ1v) is 11.0. The van der Waals surface area contributed by atoms with Gasteiger partial charge in [0.05, 0.1) is 24.4 Å². The molecular formula is C25H26FN5O3. The summed E-state index contributed by atoms with van der Waals surface area (Å²) in [4.78, 5) is 26.5. The number of methoxy groups -OCH3 is 1. The number of ether oxygens (including phenoxy) is 1. The van der Waals surface area contributed by atoms with E-state index in [4.69, 9.17) is 4.74 Å². The van der Waals surface area contributed by atoms with Crippen molar-refractivity contribution < 1.29 is 18.7 Å². The third-order valence-electron chi connectivity index (χ3n) is 5.68. The molecule has 1 atom stereocenters. The van der Waals surface area contributed by atoms with E-state index >= 15 is 0 Å². The van der Waals surface area contributed by atoms with E-state index in [-0.39, 0.29) is 23.5 Å². The number of nitrogens with zero attached hydrogens (tertiary/aromatic N) is 3. The van der Waals surface area contributed by atoms with Crippen LogP contribution >= 0.6 is 0 Å². The highest BCUT2D eigenvalue weighted by Gasteiger charge is 2.27. The molecule has 0 aliphatic carbocycles. The Morgan fingerprint density at radius 1 is 1.06 bits per heavy atom. The Kier molecular flexibility index (Phi) is 7.01. The zero-order valence-corrected chi connectivity index (χ0v) is 19.0. The molecule has 9 heteroatoms. The Morgan fingerprint density at radius 3 is 2.53 bits per heavy atom. The fourth-order valence-corrected chi connectivity index (χ4v) is 3.99. The van der Waals surface area contributed by atoms with Crippen molar-refractivity contribution in [3.8, 4) is 17.0 Å². The normalized spacial score (nSPS) is 15.5. The molecule has 4 rings (SSSR count). The van der Waals surface area contributed by atoms with Crippen molar-refractivity contribution in [1.82, 2.24) is 10.2 Å². The van der Waals surface area contributed by atoms with Crippen LogP contribution in [0, 0.1) is 11.7 Å². The maximum atomic E-state index is 13.2. The van der Waals surface area contributed by atoms with E-state index < -0.39 is 0 Å². The number of aromatic nitrogens is 2. The van der Waals surface area contributed by atoms with Crippen LogP contribution in [0.25, 0.3) is 11.3 Å². The number of amides is 2. The molecule has 1 saturated heterocycles. The molecule has 1 aromatic heterocycles. The molecule has 3 aromatic rings. The Balaban J connectivity index is 1.44. The summed E-state index contributed by atoms with van der Waals surface area (Å²) >= 11 is 0. The van der Waals surface area contributed by atoms with Crippen LogP contribution in [-0.2, 0) is 9.59 Å². The highest BCUT2D eigenvalue weighted by atomic mass is 19.1. The second-order valence-electron chi connectivity index (χ2n) is 8.15. The van der Waals surface area contributed by atoms with E-state index in [0.29, 0.717) is 35.2 Å². The topological polar surface area (TPSA) is 96.5 Å². The number of hydrogen-bond donors (Lipinski definition) is 2. The van der Waals surface area contributed by atoms with Crippen LogP contribution in [0.4, 0.5) is 21.6 Å². The second-order valence-corrected chi connectivity index (χ2v) is 8.15. The van der Waals surface area contributed by atoms with Crippen LogP contribution < -0.4 is 20.3 Å². The lowest BCUT2D eigenvalue weighted by Crippen LogP contribution is -2.41. The predicted octanol–water partition coefficient (Wildman–Crippen LogP) is 4.10. The first-order chi connectivity index (χ1) is 16.4. The summed E-state index contributed by atoms with van der Waals surface area (Å²) in [6.45, 7) is 2.70. The molecule has 2 N–H and O–H groups in total. The second kappa shape index (κ2) is 10.3. The fraction of sp³-hybridized carbons (Fsp3) is 0.280. The summed E-state index contributed by atoms with van der Waals surface area (Å²) in [7, 11) is 1.53. The number of hydrogen-bond acceptors (Lipinski definition) is 6. The summed E-state index contributed by atoms with van der Waals surface area (Å²) < 4.78 is 18.5. The molecule has 1 fully saturated rings. The summed E-state index contributed by atoms with van der Waals surface area (Å²) in [6.07, 6.45) is 1.58. The van der Waals surface area contributed by atoms with Crippen molar-refractivity contribution in [2.45, 2.75) is 19.8 Å². The van der Waals surface area contributed by atoms with Gasteiger partial charge >= 0.3 is 0 Å². The third kappa shape index (κ3) is 5.48. The number of carbonyl (C=O) groups is 2. The maximum absolute atomic E-state index is 13.2. The van der Waals surface area contributed by atoms with Crippen molar-refractivity contribution in [3.05, 3.63) is 60.4 Å². The van der Waals surface area contributed by atoms with E-state index in [1.807, 2.05) is 17.0 Å². The van der Waals surface area contributed by atoms with Gasteiger partial charge in [-0.2, -0.15) is 0 Å². The molecule has 2 aromatic carbocycles. The zero-order valence-electron chi connectivity index (χ0n) is 19.0. The van der Waals surface area contributed by atoms with Crippen LogP contribution in [0.3, 0.4) is 0 Å².